The zero-order chi connectivity index (χ0) is 18.0. The standard InChI is InChI=1S/C17H19N3O4S/c1-10-15(25-17(18-10)20-8-4-5-14(20)21)16(22)19-11-6-7-12(23-2)13(9-11)24-3/h6-7,9H,4-5,8H2,1-3H3,(H,19,22). The molecule has 0 atom stereocenters. The van der Waals surface area contributed by atoms with Crippen molar-refractivity contribution in [3.05, 3.63) is 28.8 Å². The van der Waals surface area contributed by atoms with Crippen molar-refractivity contribution in [2.24, 2.45) is 0 Å². The first-order chi connectivity index (χ1) is 12.0. The first-order valence-electron chi connectivity index (χ1n) is 7.84. The van der Waals surface area contributed by atoms with Crippen LogP contribution in [0.3, 0.4) is 0 Å². The monoisotopic (exact) mass is 361 g/mol. The summed E-state index contributed by atoms with van der Waals surface area (Å²) < 4.78 is 10.4. The molecule has 8 heteroatoms. The lowest BCUT2D eigenvalue weighted by molar-refractivity contribution is -0.117. The van der Waals surface area contributed by atoms with Gasteiger partial charge in [0, 0.05) is 24.7 Å². The number of carbonyl (C=O) groups excluding carboxylic acids is 2. The Morgan fingerprint density at radius 3 is 2.68 bits per heavy atom. The highest BCUT2D eigenvalue weighted by molar-refractivity contribution is 7.18. The van der Waals surface area contributed by atoms with E-state index in [0.717, 1.165) is 6.42 Å². The number of aromatic nitrogens is 1. The highest BCUT2D eigenvalue weighted by atomic mass is 32.1. The van der Waals surface area contributed by atoms with Gasteiger partial charge in [-0.3, -0.25) is 14.5 Å². The molecule has 132 valence electrons. The molecule has 1 aliphatic rings. The minimum atomic E-state index is -0.264. The van der Waals surface area contributed by atoms with Crippen molar-refractivity contribution >= 4 is 34.0 Å². The third-order valence-electron chi connectivity index (χ3n) is 3.94. The van der Waals surface area contributed by atoms with Gasteiger partial charge in [-0.1, -0.05) is 11.3 Å². The van der Waals surface area contributed by atoms with E-state index in [1.807, 2.05) is 0 Å². The molecular formula is C17H19N3O4S. The van der Waals surface area contributed by atoms with Gasteiger partial charge in [0.15, 0.2) is 16.6 Å². The quantitative estimate of drug-likeness (QED) is 0.886. The highest BCUT2D eigenvalue weighted by Gasteiger charge is 2.26. The topological polar surface area (TPSA) is 80.8 Å². The number of hydrogen-bond acceptors (Lipinski definition) is 6. The number of amides is 2. The molecule has 1 aliphatic heterocycles. The number of nitrogens with zero attached hydrogens (tertiary/aromatic N) is 2. The summed E-state index contributed by atoms with van der Waals surface area (Å²) in [4.78, 5) is 31.0. The van der Waals surface area contributed by atoms with Gasteiger partial charge in [-0.15, -0.1) is 0 Å². The minimum Gasteiger partial charge on any atom is -0.493 e. The molecule has 1 aromatic carbocycles. The maximum Gasteiger partial charge on any atom is 0.267 e. The average molecular weight is 361 g/mol. The predicted molar refractivity (Wildman–Crippen MR) is 95.9 cm³/mol. The van der Waals surface area contributed by atoms with Gasteiger partial charge in [0.05, 0.1) is 19.9 Å². The summed E-state index contributed by atoms with van der Waals surface area (Å²) >= 11 is 1.23. The van der Waals surface area contributed by atoms with Crippen molar-refractivity contribution < 1.29 is 19.1 Å². The van der Waals surface area contributed by atoms with Crippen molar-refractivity contribution in [1.82, 2.24) is 4.98 Å². The molecule has 2 amide bonds. The molecule has 2 heterocycles. The Labute approximate surface area is 149 Å². The van der Waals surface area contributed by atoms with E-state index in [1.165, 1.54) is 18.4 Å². The molecule has 7 nitrogen and oxygen atoms in total. The van der Waals surface area contributed by atoms with E-state index in [4.69, 9.17) is 9.47 Å². The van der Waals surface area contributed by atoms with Crippen LogP contribution >= 0.6 is 11.3 Å². The lowest BCUT2D eigenvalue weighted by Gasteiger charge is -2.10. The number of ether oxygens (including phenoxy) is 2. The van der Waals surface area contributed by atoms with E-state index >= 15 is 0 Å². The van der Waals surface area contributed by atoms with Gasteiger partial charge >= 0.3 is 0 Å². The number of anilines is 2. The van der Waals surface area contributed by atoms with E-state index in [1.54, 1.807) is 37.1 Å². The number of rotatable bonds is 5. The van der Waals surface area contributed by atoms with Crippen LogP contribution in [-0.2, 0) is 4.79 Å². The van der Waals surface area contributed by atoms with Crippen LogP contribution in [-0.4, -0.2) is 37.6 Å². The van der Waals surface area contributed by atoms with Crippen molar-refractivity contribution in [3.63, 3.8) is 0 Å². The summed E-state index contributed by atoms with van der Waals surface area (Å²) in [6, 6.07) is 5.15. The van der Waals surface area contributed by atoms with E-state index in [0.29, 0.717) is 45.9 Å². The summed E-state index contributed by atoms with van der Waals surface area (Å²) in [6.45, 7) is 2.42. The van der Waals surface area contributed by atoms with Gasteiger partial charge < -0.3 is 14.8 Å². The molecule has 2 aromatic rings. The minimum absolute atomic E-state index is 0.0561. The lowest BCUT2D eigenvalue weighted by Crippen LogP contribution is -2.23. The first kappa shape index (κ1) is 17.2. The van der Waals surface area contributed by atoms with Gasteiger partial charge in [0.2, 0.25) is 5.91 Å². The van der Waals surface area contributed by atoms with Crippen LogP contribution in [0.15, 0.2) is 18.2 Å². The summed E-state index contributed by atoms with van der Waals surface area (Å²) in [6.07, 6.45) is 1.36. The fourth-order valence-corrected chi connectivity index (χ4v) is 3.67. The number of methoxy groups -OCH3 is 2. The molecule has 0 spiro atoms. The second-order valence-corrected chi connectivity index (χ2v) is 6.56. The molecule has 0 saturated carbocycles. The molecule has 3 rings (SSSR count). The Morgan fingerprint density at radius 2 is 2.04 bits per heavy atom. The number of carbonyl (C=O) groups is 2. The Balaban J connectivity index is 1.80. The number of aryl methyl sites for hydroxylation is 1. The van der Waals surface area contributed by atoms with Crippen LogP contribution in [0.2, 0.25) is 0 Å². The third kappa shape index (κ3) is 3.43. The Morgan fingerprint density at radius 1 is 1.28 bits per heavy atom. The van der Waals surface area contributed by atoms with Gasteiger partial charge in [-0.05, 0) is 25.5 Å². The zero-order valence-corrected chi connectivity index (χ0v) is 15.1. The molecule has 1 aromatic heterocycles. The van der Waals surface area contributed by atoms with Crippen molar-refractivity contribution in [3.8, 4) is 11.5 Å². The third-order valence-corrected chi connectivity index (χ3v) is 5.12. The average Bonchev–Trinajstić information content (AvgIpc) is 3.20. The van der Waals surface area contributed by atoms with Gasteiger partial charge in [0.25, 0.3) is 5.91 Å². The summed E-state index contributed by atoms with van der Waals surface area (Å²) in [5.74, 6) is 0.912. The Hall–Kier alpha value is -2.61. The predicted octanol–water partition coefficient (Wildman–Crippen LogP) is 2.85. The lowest BCUT2D eigenvalue weighted by atomic mass is 10.2. The van der Waals surface area contributed by atoms with Gasteiger partial charge in [-0.2, -0.15) is 0 Å². The van der Waals surface area contributed by atoms with E-state index < -0.39 is 0 Å². The summed E-state index contributed by atoms with van der Waals surface area (Å²) in [5, 5.41) is 3.41. The van der Waals surface area contributed by atoms with Crippen LogP contribution in [0, 0.1) is 6.92 Å². The SMILES string of the molecule is COc1ccc(NC(=O)c2sc(N3CCCC3=O)nc2C)cc1OC. The van der Waals surface area contributed by atoms with Crippen LogP contribution in [0.5, 0.6) is 11.5 Å². The number of benzene rings is 1. The number of nitrogens with one attached hydrogen (secondary N) is 1. The molecule has 0 aliphatic carbocycles. The number of thiazole rings is 1. The van der Waals surface area contributed by atoms with E-state index in [-0.39, 0.29) is 11.8 Å². The van der Waals surface area contributed by atoms with Crippen LogP contribution in [0.4, 0.5) is 10.8 Å². The smallest absolute Gasteiger partial charge is 0.267 e. The first-order valence-corrected chi connectivity index (χ1v) is 8.66. The fraction of sp³-hybridized carbons (Fsp3) is 0.353. The highest BCUT2D eigenvalue weighted by Crippen LogP contribution is 2.32. The van der Waals surface area contributed by atoms with Gasteiger partial charge in [-0.25, -0.2) is 4.98 Å². The number of hydrogen-bond donors (Lipinski definition) is 1. The Bertz CT molecular complexity index is 818. The molecule has 1 saturated heterocycles. The van der Waals surface area contributed by atoms with Crippen molar-refractivity contribution in [1.29, 1.82) is 0 Å². The van der Waals surface area contributed by atoms with Crippen molar-refractivity contribution in [2.75, 3.05) is 31.0 Å². The maximum absolute atomic E-state index is 12.6. The molecule has 25 heavy (non-hydrogen) atoms. The molecule has 0 radical (unpaired) electrons. The largest absolute Gasteiger partial charge is 0.493 e. The second kappa shape index (κ2) is 7.10. The van der Waals surface area contributed by atoms with Crippen LogP contribution in [0.1, 0.15) is 28.2 Å². The maximum atomic E-state index is 12.6. The summed E-state index contributed by atoms with van der Waals surface area (Å²) in [7, 11) is 3.09. The van der Waals surface area contributed by atoms with Gasteiger partial charge in [0.1, 0.15) is 4.88 Å². The molecular weight excluding hydrogens is 342 g/mol. The van der Waals surface area contributed by atoms with E-state index in [2.05, 4.69) is 10.3 Å². The van der Waals surface area contributed by atoms with Crippen molar-refractivity contribution in [2.45, 2.75) is 19.8 Å². The fourth-order valence-electron chi connectivity index (χ4n) is 2.66. The normalized spacial score (nSPS) is 13.9. The Kier molecular flexibility index (Phi) is 4.89. The molecule has 0 bridgehead atoms. The second-order valence-electron chi connectivity index (χ2n) is 5.58. The summed E-state index contributed by atoms with van der Waals surface area (Å²) in [5.41, 5.74) is 1.20. The molecule has 1 fully saturated rings. The van der Waals surface area contributed by atoms with E-state index in [9.17, 15) is 9.59 Å². The molecule has 0 unspecified atom stereocenters. The molecule has 1 N–H and O–H groups in total. The van der Waals surface area contributed by atoms with Crippen LogP contribution in [0.25, 0.3) is 0 Å². The van der Waals surface area contributed by atoms with Crippen LogP contribution < -0.4 is 19.7 Å². The zero-order valence-electron chi connectivity index (χ0n) is 14.3.